The van der Waals surface area contributed by atoms with E-state index in [4.69, 9.17) is 21.4 Å². The highest BCUT2D eigenvalue weighted by atomic mass is 35.5. The Morgan fingerprint density at radius 2 is 2.24 bits per heavy atom. The molecule has 12 heteroatoms. The number of halogens is 2. The van der Waals surface area contributed by atoms with E-state index >= 15 is 0 Å². The van der Waals surface area contributed by atoms with Crippen molar-refractivity contribution in [2.45, 2.75) is 18.8 Å². The van der Waals surface area contributed by atoms with Crippen molar-refractivity contribution in [3.8, 4) is 0 Å². The lowest BCUT2D eigenvalue weighted by atomic mass is 10.1. The summed E-state index contributed by atoms with van der Waals surface area (Å²) in [6, 6.07) is 5.62. The molecule has 3 N–H and O–H groups in total. The van der Waals surface area contributed by atoms with Crippen LogP contribution in [0, 0.1) is 5.82 Å². The molecule has 0 spiro atoms. The van der Waals surface area contributed by atoms with Gasteiger partial charge in [-0.05, 0) is 29.8 Å². The molecule has 1 aliphatic heterocycles. The van der Waals surface area contributed by atoms with Gasteiger partial charge in [0.05, 0.1) is 34.5 Å². The first kappa shape index (κ1) is 23.6. The molecule has 0 aliphatic carbocycles. The zero-order valence-electron chi connectivity index (χ0n) is 17.7. The van der Waals surface area contributed by atoms with Crippen LogP contribution in [-0.2, 0) is 11.2 Å². The number of nitrogens with one attached hydrogen (secondary N) is 1. The van der Waals surface area contributed by atoms with Crippen LogP contribution in [-0.4, -0.2) is 76.8 Å². The van der Waals surface area contributed by atoms with Crippen molar-refractivity contribution in [3.05, 3.63) is 46.9 Å². The zero-order chi connectivity index (χ0) is 23.5. The number of hydrogen-bond donors (Lipinski definition) is 3. The van der Waals surface area contributed by atoms with Crippen LogP contribution in [0.2, 0.25) is 5.02 Å². The van der Waals surface area contributed by atoms with Crippen LogP contribution in [0.4, 0.5) is 20.1 Å². The van der Waals surface area contributed by atoms with Gasteiger partial charge in [0.15, 0.2) is 11.4 Å². The largest absolute Gasteiger partial charge is 0.394 e. The Morgan fingerprint density at radius 1 is 1.42 bits per heavy atom. The first-order valence-electron chi connectivity index (χ1n) is 10.2. The molecule has 9 nitrogen and oxygen atoms in total. The molecule has 0 unspecified atom stereocenters. The van der Waals surface area contributed by atoms with Gasteiger partial charge in [-0.2, -0.15) is 0 Å². The van der Waals surface area contributed by atoms with E-state index < -0.39 is 12.3 Å². The van der Waals surface area contributed by atoms with Crippen molar-refractivity contribution in [2.75, 3.05) is 43.6 Å². The van der Waals surface area contributed by atoms with E-state index in [2.05, 4.69) is 15.3 Å². The number of piperazine rings is 1. The number of methoxy groups -OCH3 is 1. The normalized spacial score (nSPS) is 17.4. The Balaban J connectivity index is 1.43. The van der Waals surface area contributed by atoms with Crippen LogP contribution in [0.25, 0.3) is 10.2 Å². The molecular formula is C21H23ClFN5O4S. The second-order valence-electron chi connectivity index (χ2n) is 7.58. The Kier molecular flexibility index (Phi) is 7.25. The summed E-state index contributed by atoms with van der Waals surface area (Å²) in [5.41, 5.74) is 1.32. The van der Waals surface area contributed by atoms with Gasteiger partial charge >= 0.3 is 6.03 Å². The third kappa shape index (κ3) is 5.33. The molecule has 3 heterocycles. The molecule has 1 saturated heterocycles. The average Bonchev–Trinajstić information content (AvgIpc) is 3.19. The molecule has 176 valence electrons. The minimum absolute atomic E-state index is 0.247. The van der Waals surface area contributed by atoms with Crippen molar-refractivity contribution < 1.29 is 24.1 Å². The highest BCUT2D eigenvalue weighted by molar-refractivity contribution is 7.22. The van der Waals surface area contributed by atoms with Gasteiger partial charge in [-0.25, -0.2) is 19.2 Å². The molecule has 2 aromatic heterocycles. The van der Waals surface area contributed by atoms with E-state index in [9.17, 15) is 14.3 Å². The average molecular weight is 496 g/mol. The van der Waals surface area contributed by atoms with Gasteiger partial charge in [0.25, 0.3) is 0 Å². The highest BCUT2D eigenvalue weighted by Gasteiger charge is 2.32. The smallest absolute Gasteiger partial charge is 0.325 e. The lowest BCUT2D eigenvalue weighted by molar-refractivity contribution is -0.00955. The standard InChI is InChI=1S/C21H23ClFN5O4S/c1-32-18-10-27(19-15(22)7-12(9-24-19)6-14(30)11-29)4-5-28(18)21(31)26-20-25-16-3-2-13(23)8-17(16)33-20/h2-3,7-9,14,18,29-30H,4-6,10-11H2,1H3,(H,25,26,31)/t14-,18-/m1/s1. The van der Waals surface area contributed by atoms with E-state index in [-0.39, 0.29) is 24.9 Å². The summed E-state index contributed by atoms with van der Waals surface area (Å²) in [4.78, 5) is 25.1. The number of carbonyl (C=O) groups is 1. The number of aliphatic hydroxyl groups is 2. The van der Waals surface area contributed by atoms with Gasteiger partial charge in [0.1, 0.15) is 11.6 Å². The molecule has 3 aromatic rings. The van der Waals surface area contributed by atoms with Crippen LogP contribution in [0.3, 0.4) is 0 Å². The lowest BCUT2D eigenvalue weighted by Gasteiger charge is -2.40. The first-order chi connectivity index (χ1) is 15.9. The first-order valence-corrected chi connectivity index (χ1v) is 11.4. The van der Waals surface area contributed by atoms with Gasteiger partial charge in [0, 0.05) is 32.8 Å². The number of ether oxygens (including phenoxy) is 1. The lowest BCUT2D eigenvalue weighted by Crippen LogP contribution is -2.57. The molecule has 2 amide bonds. The van der Waals surface area contributed by atoms with Gasteiger partial charge in [-0.3, -0.25) is 10.2 Å². The molecule has 4 rings (SSSR count). The third-order valence-corrected chi connectivity index (χ3v) is 6.50. The zero-order valence-corrected chi connectivity index (χ0v) is 19.3. The van der Waals surface area contributed by atoms with E-state index in [1.54, 1.807) is 23.2 Å². The van der Waals surface area contributed by atoms with Crippen molar-refractivity contribution in [3.63, 3.8) is 0 Å². The third-order valence-electron chi connectivity index (χ3n) is 5.29. The van der Waals surface area contributed by atoms with E-state index in [1.165, 1.54) is 30.6 Å². The predicted molar refractivity (Wildman–Crippen MR) is 124 cm³/mol. The Bertz CT molecular complexity index is 1150. The number of aliphatic hydroxyl groups excluding tert-OH is 2. The van der Waals surface area contributed by atoms with Gasteiger partial charge in [-0.15, -0.1) is 0 Å². The maximum atomic E-state index is 13.4. The van der Waals surface area contributed by atoms with Crippen molar-refractivity contribution in [1.29, 1.82) is 0 Å². The summed E-state index contributed by atoms with van der Waals surface area (Å²) < 4.78 is 19.6. The van der Waals surface area contributed by atoms with E-state index in [0.29, 0.717) is 51.4 Å². The monoisotopic (exact) mass is 495 g/mol. The fourth-order valence-electron chi connectivity index (χ4n) is 3.64. The van der Waals surface area contributed by atoms with Gasteiger partial charge < -0.3 is 19.8 Å². The molecule has 1 aromatic carbocycles. The number of hydrogen-bond acceptors (Lipinski definition) is 8. The number of benzene rings is 1. The fraction of sp³-hybridized carbons (Fsp3) is 0.381. The number of amides is 2. The summed E-state index contributed by atoms with van der Waals surface area (Å²) in [5.74, 6) is 0.193. The number of aromatic nitrogens is 2. The maximum absolute atomic E-state index is 13.4. The molecule has 0 saturated carbocycles. The Hall–Kier alpha value is -2.57. The number of anilines is 2. The van der Waals surface area contributed by atoms with Crippen molar-refractivity contribution in [1.82, 2.24) is 14.9 Å². The number of carbonyl (C=O) groups excluding carboxylic acids is 1. The number of pyridine rings is 1. The Morgan fingerprint density at radius 3 is 2.97 bits per heavy atom. The number of nitrogens with zero attached hydrogens (tertiary/aromatic N) is 4. The van der Waals surface area contributed by atoms with Crippen LogP contribution in [0.5, 0.6) is 0 Å². The maximum Gasteiger partial charge on any atom is 0.325 e. The summed E-state index contributed by atoms with van der Waals surface area (Å²) in [6.45, 7) is 0.837. The van der Waals surface area contributed by atoms with Crippen molar-refractivity contribution in [2.24, 2.45) is 0 Å². The second-order valence-corrected chi connectivity index (χ2v) is 9.02. The van der Waals surface area contributed by atoms with E-state index in [1.807, 2.05) is 4.90 Å². The summed E-state index contributed by atoms with van der Waals surface area (Å²) in [6.07, 6.45) is 0.426. The summed E-state index contributed by atoms with van der Waals surface area (Å²) in [7, 11) is 1.52. The molecular weight excluding hydrogens is 473 g/mol. The number of fused-ring (bicyclic) bond motifs is 1. The predicted octanol–water partition coefficient (Wildman–Crippen LogP) is 2.71. The Labute approximate surface area is 198 Å². The summed E-state index contributed by atoms with van der Waals surface area (Å²) >= 11 is 7.62. The number of rotatable bonds is 6. The van der Waals surface area contributed by atoms with Crippen LogP contribution < -0.4 is 10.2 Å². The van der Waals surface area contributed by atoms with Crippen molar-refractivity contribution >= 4 is 50.1 Å². The molecule has 2 atom stereocenters. The molecule has 0 radical (unpaired) electrons. The quantitative estimate of drug-likeness (QED) is 0.482. The van der Waals surface area contributed by atoms with Gasteiger partial charge in [-0.1, -0.05) is 22.9 Å². The highest BCUT2D eigenvalue weighted by Crippen LogP contribution is 2.29. The SMILES string of the molecule is CO[C@@H]1CN(c2ncc(C[C@@H](O)CO)cc2Cl)CCN1C(=O)Nc1nc2ccc(F)cc2s1. The molecule has 1 aliphatic rings. The van der Waals surface area contributed by atoms with Crippen LogP contribution in [0.15, 0.2) is 30.5 Å². The molecule has 0 bridgehead atoms. The molecule has 1 fully saturated rings. The number of urea groups is 1. The molecule has 33 heavy (non-hydrogen) atoms. The van der Waals surface area contributed by atoms with Gasteiger partial charge in [0.2, 0.25) is 0 Å². The summed E-state index contributed by atoms with van der Waals surface area (Å²) in [5, 5.41) is 22.2. The second kappa shape index (κ2) is 10.1. The number of thiazole rings is 1. The minimum Gasteiger partial charge on any atom is -0.394 e. The van der Waals surface area contributed by atoms with Crippen LogP contribution in [0.1, 0.15) is 5.56 Å². The minimum atomic E-state index is -0.872. The van der Waals surface area contributed by atoms with E-state index in [0.717, 1.165) is 0 Å². The topological polar surface area (TPSA) is 111 Å². The van der Waals surface area contributed by atoms with Crippen LogP contribution >= 0.6 is 22.9 Å². The fourth-order valence-corrected chi connectivity index (χ4v) is 4.83.